The van der Waals surface area contributed by atoms with E-state index in [1.165, 1.54) is 6.42 Å². The predicted molar refractivity (Wildman–Crippen MR) is 93.5 cm³/mol. The van der Waals surface area contributed by atoms with Gasteiger partial charge in [-0.1, -0.05) is 12.1 Å². The van der Waals surface area contributed by atoms with Gasteiger partial charge >= 0.3 is 0 Å². The Bertz CT molecular complexity index is 588. The first-order valence-electron chi connectivity index (χ1n) is 7.73. The van der Waals surface area contributed by atoms with Crippen LogP contribution in [0, 0.1) is 20.8 Å². The quantitative estimate of drug-likeness (QED) is 0.545. The molecule has 4 saturated carbocycles. The summed E-state index contributed by atoms with van der Waals surface area (Å²) in [5.41, 5.74) is 0.715. The molecule has 0 aromatic heterocycles. The van der Waals surface area contributed by atoms with E-state index in [0.717, 1.165) is 41.4 Å². The fraction of sp³-hybridized carbons (Fsp3) is 0.588. The number of anilines is 1. The average Bonchev–Trinajstić information content (AvgIpc) is 2.38. The first kappa shape index (κ1) is 14.3. The number of alkyl halides is 1. The van der Waals surface area contributed by atoms with Crippen molar-refractivity contribution in [3.63, 3.8) is 0 Å². The molecule has 1 N–H and O–H groups in total. The summed E-state index contributed by atoms with van der Waals surface area (Å²) in [5, 5.41) is 3.18. The van der Waals surface area contributed by atoms with Gasteiger partial charge in [0, 0.05) is 8.44 Å². The molecule has 4 aliphatic carbocycles. The van der Waals surface area contributed by atoms with Crippen molar-refractivity contribution >= 4 is 45.8 Å². The standard InChI is InChI=1S/C17H19ClINO/c18-17-8-11-5-12(9-17)7-16(6-11,10-17)15(21)20-14-4-2-1-3-13(14)19/h1-4,11-12H,5-10H2,(H,20,21)/t11-,12+,16?,17?. The van der Waals surface area contributed by atoms with Gasteiger partial charge in [-0.2, -0.15) is 0 Å². The van der Waals surface area contributed by atoms with Gasteiger partial charge in [-0.25, -0.2) is 0 Å². The maximum absolute atomic E-state index is 13.0. The number of rotatable bonds is 2. The third-order valence-electron chi connectivity index (χ3n) is 5.59. The van der Waals surface area contributed by atoms with Crippen LogP contribution in [0.4, 0.5) is 5.69 Å². The Morgan fingerprint density at radius 3 is 2.48 bits per heavy atom. The van der Waals surface area contributed by atoms with Crippen molar-refractivity contribution in [1.82, 2.24) is 0 Å². The number of benzene rings is 1. The van der Waals surface area contributed by atoms with Crippen molar-refractivity contribution in [1.29, 1.82) is 0 Å². The van der Waals surface area contributed by atoms with Crippen LogP contribution in [-0.2, 0) is 4.79 Å². The molecule has 0 saturated heterocycles. The zero-order valence-corrected chi connectivity index (χ0v) is 14.8. The molecule has 0 heterocycles. The van der Waals surface area contributed by atoms with Gasteiger partial charge in [0.2, 0.25) is 5.91 Å². The lowest BCUT2D eigenvalue weighted by molar-refractivity contribution is -0.138. The zero-order chi connectivity index (χ0) is 14.7. The first-order chi connectivity index (χ1) is 9.98. The van der Waals surface area contributed by atoms with E-state index in [4.69, 9.17) is 11.6 Å². The number of hydrogen-bond donors (Lipinski definition) is 1. The number of carbonyl (C=O) groups is 1. The first-order valence-corrected chi connectivity index (χ1v) is 9.19. The SMILES string of the molecule is O=C(Nc1ccccc1I)C12C[C@@H]3C[C@@H](CC(Cl)(C3)C1)C2. The van der Waals surface area contributed by atoms with E-state index in [0.29, 0.717) is 11.8 Å². The van der Waals surface area contributed by atoms with Gasteiger partial charge in [0.25, 0.3) is 0 Å². The molecule has 2 unspecified atom stereocenters. The molecule has 1 amide bonds. The van der Waals surface area contributed by atoms with E-state index in [9.17, 15) is 4.79 Å². The Hall–Kier alpha value is -0.290. The molecule has 4 heteroatoms. The van der Waals surface area contributed by atoms with Gasteiger partial charge in [-0.15, -0.1) is 11.6 Å². The highest BCUT2D eigenvalue weighted by Crippen LogP contribution is 2.64. The minimum Gasteiger partial charge on any atom is -0.325 e. The zero-order valence-electron chi connectivity index (χ0n) is 11.9. The molecule has 0 spiro atoms. The number of halogens is 2. The number of para-hydroxylation sites is 1. The monoisotopic (exact) mass is 415 g/mol. The van der Waals surface area contributed by atoms with Crippen molar-refractivity contribution in [3.8, 4) is 0 Å². The van der Waals surface area contributed by atoms with Gasteiger partial charge in [-0.05, 0) is 85.1 Å². The van der Waals surface area contributed by atoms with E-state index in [2.05, 4.69) is 27.9 Å². The summed E-state index contributed by atoms with van der Waals surface area (Å²) in [7, 11) is 0. The van der Waals surface area contributed by atoms with E-state index in [1.54, 1.807) is 0 Å². The Morgan fingerprint density at radius 1 is 1.19 bits per heavy atom. The third kappa shape index (κ3) is 2.40. The second-order valence-corrected chi connectivity index (χ2v) is 9.29. The second-order valence-electron chi connectivity index (χ2n) is 7.33. The molecule has 0 radical (unpaired) electrons. The third-order valence-corrected chi connectivity index (χ3v) is 6.98. The Morgan fingerprint density at radius 2 is 1.86 bits per heavy atom. The van der Waals surface area contributed by atoms with Gasteiger partial charge < -0.3 is 5.32 Å². The van der Waals surface area contributed by atoms with E-state index < -0.39 is 0 Å². The van der Waals surface area contributed by atoms with Crippen LogP contribution in [0.15, 0.2) is 24.3 Å². The summed E-state index contributed by atoms with van der Waals surface area (Å²) >= 11 is 9.09. The van der Waals surface area contributed by atoms with Crippen LogP contribution in [-0.4, -0.2) is 10.8 Å². The molecular formula is C17H19ClINO. The number of nitrogens with one attached hydrogen (secondary N) is 1. The second kappa shape index (κ2) is 4.85. The summed E-state index contributed by atoms with van der Waals surface area (Å²) in [6.07, 6.45) is 6.45. The van der Waals surface area contributed by atoms with Crippen molar-refractivity contribution in [2.24, 2.45) is 17.3 Å². The van der Waals surface area contributed by atoms with Crippen LogP contribution in [0.2, 0.25) is 0 Å². The average molecular weight is 416 g/mol. The van der Waals surface area contributed by atoms with Crippen LogP contribution in [0.1, 0.15) is 38.5 Å². The molecular weight excluding hydrogens is 397 g/mol. The molecule has 1 aromatic rings. The van der Waals surface area contributed by atoms with Crippen molar-refractivity contribution in [3.05, 3.63) is 27.8 Å². The Balaban J connectivity index is 1.61. The molecule has 4 bridgehead atoms. The highest BCUT2D eigenvalue weighted by molar-refractivity contribution is 14.1. The molecule has 5 rings (SSSR count). The van der Waals surface area contributed by atoms with E-state index in [-0.39, 0.29) is 16.2 Å². The minimum absolute atomic E-state index is 0.106. The maximum atomic E-state index is 13.0. The van der Waals surface area contributed by atoms with Crippen LogP contribution in [0.25, 0.3) is 0 Å². The van der Waals surface area contributed by atoms with E-state index in [1.807, 2.05) is 24.3 Å². The van der Waals surface area contributed by atoms with Crippen molar-refractivity contribution < 1.29 is 4.79 Å². The van der Waals surface area contributed by atoms with Crippen LogP contribution >= 0.6 is 34.2 Å². The summed E-state index contributed by atoms with van der Waals surface area (Å²) in [4.78, 5) is 12.9. The number of hydrogen-bond acceptors (Lipinski definition) is 1. The lowest BCUT2D eigenvalue weighted by Crippen LogP contribution is -2.57. The number of carbonyl (C=O) groups excluding carboxylic acids is 1. The summed E-state index contributed by atoms with van der Waals surface area (Å²) < 4.78 is 1.09. The van der Waals surface area contributed by atoms with Gasteiger partial charge in [0.1, 0.15) is 0 Å². The van der Waals surface area contributed by atoms with Gasteiger partial charge in [0.15, 0.2) is 0 Å². The Labute approximate surface area is 144 Å². The molecule has 0 aliphatic heterocycles. The number of amides is 1. The van der Waals surface area contributed by atoms with Crippen LogP contribution < -0.4 is 5.32 Å². The normalized spacial score (nSPS) is 40.3. The molecule has 112 valence electrons. The fourth-order valence-electron chi connectivity index (χ4n) is 5.23. The maximum Gasteiger partial charge on any atom is 0.230 e. The van der Waals surface area contributed by atoms with Crippen LogP contribution in [0.3, 0.4) is 0 Å². The minimum atomic E-state index is -0.218. The van der Waals surface area contributed by atoms with Crippen molar-refractivity contribution in [2.75, 3.05) is 5.32 Å². The lowest BCUT2D eigenvalue weighted by atomic mass is 9.49. The molecule has 4 fully saturated rings. The Kier molecular flexibility index (Phi) is 3.31. The molecule has 2 nitrogen and oxygen atoms in total. The highest BCUT2D eigenvalue weighted by atomic mass is 127. The van der Waals surface area contributed by atoms with Gasteiger partial charge in [-0.3, -0.25) is 4.79 Å². The molecule has 4 atom stereocenters. The largest absolute Gasteiger partial charge is 0.325 e. The summed E-state index contributed by atoms with van der Waals surface area (Å²) in [5.74, 6) is 1.51. The van der Waals surface area contributed by atoms with Crippen molar-refractivity contribution in [2.45, 2.75) is 43.4 Å². The highest BCUT2D eigenvalue weighted by Gasteiger charge is 2.60. The van der Waals surface area contributed by atoms with Gasteiger partial charge in [0.05, 0.1) is 11.1 Å². The summed E-state index contributed by atoms with van der Waals surface area (Å²) in [6.45, 7) is 0. The predicted octanol–water partition coefficient (Wildman–Crippen LogP) is 4.81. The smallest absolute Gasteiger partial charge is 0.230 e. The van der Waals surface area contributed by atoms with Crippen LogP contribution in [0.5, 0.6) is 0 Å². The van der Waals surface area contributed by atoms with E-state index >= 15 is 0 Å². The lowest BCUT2D eigenvalue weighted by Gasteiger charge is -2.59. The molecule has 4 aliphatic rings. The fourth-order valence-corrected chi connectivity index (χ4v) is 6.45. The molecule has 21 heavy (non-hydrogen) atoms. The summed E-state index contributed by atoms with van der Waals surface area (Å²) in [6, 6.07) is 7.98. The topological polar surface area (TPSA) is 29.1 Å². The molecule has 1 aromatic carbocycles.